The molecule has 0 saturated carbocycles. The third kappa shape index (κ3) is 4.62. The van der Waals surface area contributed by atoms with Crippen LogP contribution in [0.5, 0.6) is 5.75 Å². The maximum atomic E-state index is 12.7. The molecular weight excluding hydrogens is 297 g/mol. The molecule has 1 atom stereocenters. The van der Waals surface area contributed by atoms with Crippen LogP contribution in [0.15, 0.2) is 24.3 Å². The minimum Gasteiger partial charge on any atom is -0.497 e. The molecule has 7 heteroatoms. The number of methoxy groups -OCH3 is 1. The lowest BCUT2D eigenvalue weighted by Gasteiger charge is -2.33. The van der Waals surface area contributed by atoms with Gasteiger partial charge < -0.3 is 10.1 Å². The van der Waals surface area contributed by atoms with Crippen LogP contribution in [0.3, 0.4) is 0 Å². The van der Waals surface area contributed by atoms with Crippen molar-refractivity contribution < 1.29 is 22.7 Å². The number of ether oxygens (including phenoxy) is 1. The van der Waals surface area contributed by atoms with Gasteiger partial charge in [0.15, 0.2) is 0 Å². The molecule has 1 aromatic carbocycles. The van der Waals surface area contributed by atoms with Gasteiger partial charge in [-0.1, -0.05) is 6.07 Å². The number of piperidine rings is 1. The van der Waals surface area contributed by atoms with Crippen molar-refractivity contribution >= 4 is 11.6 Å². The quantitative estimate of drug-likeness (QED) is 0.928. The molecule has 0 spiro atoms. The Kier molecular flexibility index (Phi) is 5.28. The van der Waals surface area contributed by atoms with Gasteiger partial charge in [0.2, 0.25) is 5.91 Å². The first kappa shape index (κ1) is 16.6. The summed E-state index contributed by atoms with van der Waals surface area (Å²) in [7, 11) is 1.52. The van der Waals surface area contributed by atoms with Gasteiger partial charge in [-0.2, -0.15) is 13.2 Å². The van der Waals surface area contributed by atoms with Crippen LogP contribution >= 0.6 is 0 Å². The van der Waals surface area contributed by atoms with Crippen molar-refractivity contribution in [2.24, 2.45) is 5.92 Å². The van der Waals surface area contributed by atoms with E-state index in [1.165, 1.54) is 7.11 Å². The van der Waals surface area contributed by atoms with E-state index in [2.05, 4.69) is 5.32 Å². The number of nitrogens with zero attached hydrogens (tertiary/aromatic N) is 1. The first-order valence-electron chi connectivity index (χ1n) is 7.11. The lowest BCUT2D eigenvalue weighted by molar-refractivity contribution is -0.186. The monoisotopic (exact) mass is 316 g/mol. The molecule has 1 heterocycles. The molecule has 0 aromatic heterocycles. The zero-order chi connectivity index (χ0) is 16.2. The van der Waals surface area contributed by atoms with Crippen molar-refractivity contribution in [1.29, 1.82) is 0 Å². The zero-order valence-corrected chi connectivity index (χ0v) is 12.3. The molecule has 2 rings (SSSR count). The number of amides is 1. The molecule has 1 aromatic rings. The fraction of sp³-hybridized carbons (Fsp3) is 0.533. The summed E-state index contributed by atoms with van der Waals surface area (Å²) in [5, 5.41) is 2.68. The molecule has 1 aliphatic heterocycles. The van der Waals surface area contributed by atoms with Crippen LogP contribution < -0.4 is 10.1 Å². The molecule has 22 heavy (non-hydrogen) atoms. The van der Waals surface area contributed by atoms with Crippen molar-refractivity contribution in [1.82, 2.24) is 4.90 Å². The second-order valence-corrected chi connectivity index (χ2v) is 5.40. The standard InChI is InChI=1S/C15H19F3N2O2/c1-22-13-6-2-5-12(8-13)19-14(21)10-20-7-3-4-11(9-20)15(16,17)18/h2,5-6,8,11H,3-4,7,9-10H2,1H3,(H,19,21). The largest absolute Gasteiger partial charge is 0.497 e. The molecule has 122 valence electrons. The van der Waals surface area contributed by atoms with Crippen LogP contribution in [0.4, 0.5) is 18.9 Å². The van der Waals surface area contributed by atoms with Crippen LogP contribution in [0.25, 0.3) is 0 Å². The van der Waals surface area contributed by atoms with Crippen molar-refractivity contribution in [2.45, 2.75) is 19.0 Å². The third-order valence-corrected chi connectivity index (χ3v) is 3.69. The second-order valence-electron chi connectivity index (χ2n) is 5.40. The summed E-state index contributed by atoms with van der Waals surface area (Å²) >= 11 is 0. The number of hydrogen-bond donors (Lipinski definition) is 1. The number of alkyl halides is 3. The number of likely N-dealkylation sites (tertiary alicyclic amines) is 1. The van der Waals surface area contributed by atoms with Crippen LogP contribution in [0, 0.1) is 5.92 Å². The van der Waals surface area contributed by atoms with E-state index in [-0.39, 0.29) is 25.4 Å². The molecule has 1 saturated heterocycles. The predicted octanol–water partition coefficient (Wildman–Crippen LogP) is 2.91. The molecule has 1 amide bonds. The van der Waals surface area contributed by atoms with Crippen molar-refractivity contribution in [2.75, 3.05) is 32.1 Å². The molecular formula is C15H19F3N2O2. The number of anilines is 1. The predicted molar refractivity (Wildman–Crippen MR) is 76.8 cm³/mol. The van der Waals surface area contributed by atoms with Gasteiger partial charge >= 0.3 is 6.18 Å². The van der Waals surface area contributed by atoms with E-state index in [1.807, 2.05) is 0 Å². The maximum absolute atomic E-state index is 12.7. The smallest absolute Gasteiger partial charge is 0.393 e. The van der Waals surface area contributed by atoms with E-state index in [9.17, 15) is 18.0 Å². The fourth-order valence-electron chi connectivity index (χ4n) is 2.57. The van der Waals surface area contributed by atoms with E-state index >= 15 is 0 Å². The Bertz CT molecular complexity index is 520. The SMILES string of the molecule is COc1cccc(NC(=O)CN2CCCC(C(F)(F)F)C2)c1. The Morgan fingerprint density at radius 2 is 2.23 bits per heavy atom. The summed E-state index contributed by atoms with van der Waals surface area (Å²) in [4.78, 5) is 13.5. The van der Waals surface area contributed by atoms with Gasteiger partial charge in [-0.15, -0.1) is 0 Å². The number of halogens is 3. The highest BCUT2D eigenvalue weighted by atomic mass is 19.4. The highest BCUT2D eigenvalue weighted by molar-refractivity contribution is 5.92. The summed E-state index contributed by atoms with van der Waals surface area (Å²) in [6, 6.07) is 6.84. The summed E-state index contributed by atoms with van der Waals surface area (Å²) in [6.07, 6.45) is -3.60. The topological polar surface area (TPSA) is 41.6 Å². The van der Waals surface area contributed by atoms with Crippen molar-refractivity contribution in [3.8, 4) is 5.75 Å². The highest BCUT2D eigenvalue weighted by Gasteiger charge is 2.41. The van der Waals surface area contributed by atoms with Gasteiger partial charge in [-0.3, -0.25) is 9.69 Å². The number of benzene rings is 1. The summed E-state index contributed by atoms with van der Waals surface area (Å²) in [6.45, 7) is 0.358. The number of carbonyl (C=O) groups is 1. The number of nitrogens with one attached hydrogen (secondary N) is 1. The molecule has 1 N–H and O–H groups in total. The minimum absolute atomic E-state index is 0.0379. The van der Waals surface area contributed by atoms with E-state index in [4.69, 9.17) is 4.74 Å². The normalized spacial score (nSPS) is 19.7. The van der Waals surface area contributed by atoms with E-state index in [1.54, 1.807) is 29.2 Å². The number of hydrogen-bond acceptors (Lipinski definition) is 3. The zero-order valence-electron chi connectivity index (χ0n) is 12.3. The lowest BCUT2D eigenvalue weighted by Crippen LogP contribution is -2.44. The van der Waals surface area contributed by atoms with Crippen LogP contribution in [0.2, 0.25) is 0 Å². The molecule has 1 unspecified atom stereocenters. The van der Waals surface area contributed by atoms with E-state index < -0.39 is 12.1 Å². The molecule has 0 bridgehead atoms. The Labute approximate surface area is 127 Å². The molecule has 1 aliphatic rings. The lowest BCUT2D eigenvalue weighted by atomic mass is 9.97. The van der Waals surface area contributed by atoms with Crippen LogP contribution in [-0.2, 0) is 4.79 Å². The maximum Gasteiger partial charge on any atom is 0.393 e. The van der Waals surface area contributed by atoms with E-state index in [0.717, 1.165) is 0 Å². The van der Waals surface area contributed by atoms with Crippen molar-refractivity contribution in [3.63, 3.8) is 0 Å². The Hall–Kier alpha value is -1.76. The van der Waals surface area contributed by atoms with Gasteiger partial charge in [0.05, 0.1) is 19.6 Å². The van der Waals surface area contributed by atoms with Gasteiger partial charge in [-0.05, 0) is 31.5 Å². The molecule has 0 aliphatic carbocycles. The summed E-state index contributed by atoms with van der Waals surface area (Å²) < 4.78 is 43.3. The van der Waals surface area contributed by atoms with Crippen LogP contribution in [-0.4, -0.2) is 43.7 Å². The molecule has 0 radical (unpaired) electrons. The Morgan fingerprint density at radius 1 is 1.45 bits per heavy atom. The second kappa shape index (κ2) is 7.00. The minimum atomic E-state index is -4.19. The summed E-state index contributed by atoms with van der Waals surface area (Å²) in [5.74, 6) is -1.06. The van der Waals surface area contributed by atoms with Gasteiger partial charge in [0.25, 0.3) is 0 Å². The number of carbonyl (C=O) groups excluding carboxylic acids is 1. The fourth-order valence-corrected chi connectivity index (χ4v) is 2.57. The highest BCUT2D eigenvalue weighted by Crippen LogP contribution is 2.33. The Balaban J connectivity index is 1.88. The van der Waals surface area contributed by atoms with Crippen LogP contribution in [0.1, 0.15) is 12.8 Å². The van der Waals surface area contributed by atoms with Crippen molar-refractivity contribution in [3.05, 3.63) is 24.3 Å². The van der Waals surface area contributed by atoms with Gasteiger partial charge in [0.1, 0.15) is 5.75 Å². The average molecular weight is 316 g/mol. The summed E-state index contributed by atoms with van der Waals surface area (Å²) in [5.41, 5.74) is 0.564. The van der Waals surface area contributed by atoms with E-state index in [0.29, 0.717) is 24.4 Å². The molecule has 4 nitrogen and oxygen atoms in total. The number of rotatable bonds is 4. The average Bonchev–Trinajstić information content (AvgIpc) is 2.46. The van der Waals surface area contributed by atoms with Gasteiger partial charge in [-0.25, -0.2) is 0 Å². The first-order valence-corrected chi connectivity index (χ1v) is 7.11. The third-order valence-electron chi connectivity index (χ3n) is 3.69. The van der Waals surface area contributed by atoms with Gasteiger partial charge in [0, 0.05) is 18.3 Å². The first-order chi connectivity index (χ1) is 10.4. The molecule has 1 fully saturated rings. The Morgan fingerprint density at radius 3 is 2.91 bits per heavy atom.